The first kappa shape index (κ1) is 25.8. The first-order chi connectivity index (χ1) is 17.5. The van der Waals surface area contributed by atoms with Crippen LogP contribution in [0.1, 0.15) is 58.2 Å². The van der Waals surface area contributed by atoms with E-state index >= 15 is 0 Å². The van der Waals surface area contributed by atoms with Gasteiger partial charge in [0, 0.05) is 17.8 Å². The van der Waals surface area contributed by atoms with Crippen molar-refractivity contribution in [3.8, 4) is 22.8 Å². The molecule has 9 heteroatoms. The molecule has 1 aromatic heterocycles. The molecule has 0 unspecified atom stereocenters. The molecule has 0 spiro atoms. The average Bonchev–Trinajstić information content (AvgIpc) is 2.87. The van der Waals surface area contributed by atoms with Gasteiger partial charge in [0.15, 0.2) is 11.5 Å². The Morgan fingerprint density at radius 2 is 1.94 bits per heavy atom. The highest BCUT2D eigenvalue weighted by Gasteiger charge is 2.46. The Hall–Kier alpha value is -3.33. The van der Waals surface area contributed by atoms with Crippen LogP contribution in [0.25, 0.3) is 11.3 Å². The number of aromatic amines is 1. The lowest BCUT2D eigenvalue weighted by atomic mass is 10.0. The standard InChI is InChI=1S/C27H32N4O4S/c1-5-7-8-11-17-36-27-28-25(33)23-19-13-9-10-15-21(19)30(18(3)32)26(31(23)29-27)20-14-12-16-22(35-6-2)24(20)34-4/h9-10,12-16,26H,5-8,11,17H2,1-4H3/p+1/t26-/m0/s1. The zero-order valence-electron chi connectivity index (χ0n) is 21.2. The van der Waals surface area contributed by atoms with Gasteiger partial charge < -0.3 is 9.47 Å². The summed E-state index contributed by atoms with van der Waals surface area (Å²) in [6.07, 6.45) is 3.80. The number of anilines is 1. The summed E-state index contributed by atoms with van der Waals surface area (Å²) in [6, 6.07) is 13.0. The SMILES string of the molecule is CCCCCCSc1n[n+]2c(c(=O)[nH]1)-c1ccccc1N(C(C)=O)[C@@H]2c1cccc(OCC)c1OC. The number of hydrogen-bond acceptors (Lipinski definition) is 6. The van der Waals surface area contributed by atoms with Crippen molar-refractivity contribution in [3.63, 3.8) is 0 Å². The quantitative estimate of drug-likeness (QED) is 0.242. The molecule has 0 radical (unpaired) electrons. The molecule has 1 N–H and O–H groups in total. The number of nitrogens with one attached hydrogen (secondary N) is 1. The molecule has 0 saturated carbocycles. The number of fused-ring (bicyclic) bond motifs is 3. The van der Waals surface area contributed by atoms with E-state index in [9.17, 15) is 9.59 Å². The van der Waals surface area contributed by atoms with Crippen LogP contribution in [0.4, 0.5) is 5.69 Å². The Morgan fingerprint density at radius 3 is 2.67 bits per heavy atom. The normalized spacial score (nSPS) is 14.2. The van der Waals surface area contributed by atoms with Crippen LogP contribution >= 0.6 is 11.8 Å². The summed E-state index contributed by atoms with van der Waals surface area (Å²) < 4.78 is 13.3. The number of aromatic nitrogens is 3. The van der Waals surface area contributed by atoms with E-state index in [1.165, 1.54) is 31.5 Å². The minimum Gasteiger partial charge on any atom is -0.492 e. The summed E-state index contributed by atoms with van der Waals surface area (Å²) in [4.78, 5) is 31.2. The van der Waals surface area contributed by atoms with Gasteiger partial charge in [-0.15, -0.1) is 0 Å². The van der Waals surface area contributed by atoms with Crippen LogP contribution in [0.15, 0.2) is 52.4 Å². The van der Waals surface area contributed by atoms with Gasteiger partial charge in [0.25, 0.3) is 6.17 Å². The van der Waals surface area contributed by atoms with Gasteiger partial charge in [0.05, 0.1) is 30.5 Å². The number of carbonyl (C=O) groups is 1. The molecule has 0 saturated heterocycles. The highest BCUT2D eigenvalue weighted by atomic mass is 32.2. The number of benzene rings is 2. The Balaban J connectivity index is 1.91. The molecule has 0 bridgehead atoms. The smallest absolute Gasteiger partial charge is 0.325 e. The van der Waals surface area contributed by atoms with Crippen LogP contribution in [0, 0.1) is 0 Å². The molecule has 1 atom stereocenters. The summed E-state index contributed by atoms with van der Waals surface area (Å²) in [6.45, 7) is 6.06. The summed E-state index contributed by atoms with van der Waals surface area (Å²) >= 11 is 1.52. The fraction of sp³-hybridized carbons (Fsp3) is 0.407. The number of carbonyl (C=O) groups excluding carboxylic acids is 1. The number of para-hydroxylation sites is 2. The number of hydrogen-bond donors (Lipinski definition) is 1. The third kappa shape index (κ3) is 4.97. The first-order valence-corrected chi connectivity index (χ1v) is 13.4. The minimum atomic E-state index is -0.732. The maximum atomic E-state index is 13.5. The number of ether oxygens (including phenoxy) is 2. The maximum absolute atomic E-state index is 13.5. The number of nitrogens with zero attached hydrogens (tertiary/aromatic N) is 3. The lowest BCUT2D eigenvalue weighted by Gasteiger charge is -2.32. The molecule has 0 fully saturated rings. The predicted octanol–water partition coefficient (Wildman–Crippen LogP) is 4.72. The highest BCUT2D eigenvalue weighted by Crippen LogP contribution is 2.42. The van der Waals surface area contributed by atoms with Crippen molar-refractivity contribution < 1.29 is 19.0 Å². The van der Waals surface area contributed by atoms with Crippen molar-refractivity contribution in [3.05, 3.63) is 58.4 Å². The van der Waals surface area contributed by atoms with Crippen LogP contribution in [-0.4, -0.2) is 35.5 Å². The highest BCUT2D eigenvalue weighted by molar-refractivity contribution is 7.99. The second-order valence-corrected chi connectivity index (χ2v) is 9.64. The van der Waals surface area contributed by atoms with Crippen LogP contribution in [0.5, 0.6) is 11.5 Å². The lowest BCUT2D eigenvalue weighted by molar-refractivity contribution is -0.763. The second kappa shape index (κ2) is 11.6. The van der Waals surface area contributed by atoms with Crippen molar-refractivity contribution in [1.29, 1.82) is 0 Å². The molecule has 2 heterocycles. The van der Waals surface area contributed by atoms with Gasteiger partial charge in [-0.25, -0.2) is 4.90 Å². The van der Waals surface area contributed by atoms with Crippen LogP contribution < -0.4 is 24.6 Å². The van der Waals surface area contributed by atoms with Gasteiger partial charge in [0.2, 0.25) is 11.1 Å². The molecule has 1 aliphatic heterocycles. The molecular formula is C27H33N4O4S+. The lowest BCUT2D eigenvalue weighted by Crippen LogP contribution is -2.60. The van der Waals surface area contributed by atoms with Crippen molar-refractivity contribution >= 4 is 23.4 Å². The zero-order valence-corrected chi connectivity index (χ0v) is 22.1. The third-order valence-corrected chi connectivity index (χ3v) is 7.08. The van der Waals surface area contributed by atoms with E-state index in [1.54, 1.807) is 16.7 Å². The van der Waals surface area contributed by atoms with E-state index < -0.39 is 6.17 Å². The Kier molecular flexibility index (Phi) is 8.30. The van der Waals surface area contributed by atoms with Gasteiger partial charge in [-0.3, -0.25) is 14.6 Å². The maximum Gasteiger partial charge on any atom is 0.325 e. The number of rotatable bonds is 10. The molecule has 2 aromatic carbocycles. The third-order valence-electron chi connectivity index (χ3n) is 6.13. The van der Waals surface area contributed by atoms with Gasteiger partial charge in [0.1, 0.15) is 0 Å². The topological polar surface area (TPSA) is 88.4 Å². The zero-order chi connectivity index (χ0) is 25.7. The first-order valence-electron chi connectivity index (χ1n) is 12.4. The van der Waals surface area contributed by atoms with Gasteiger partial charge in [-0.1, -0.05) is 56.1 Å². The largest absolute Gasteiger partial charge is 0.492 e. The second-order valence-electron chi connectivity index (χ2n) is 8.55. The molecule has 36 heavy (non-hydrogen) atoms. The number of methoxy groups -OCH3 is 1. The molecule has 8 nitrogen and oxygen atoms in total. The van der Waals surface area contributed by atoms with Gasteiger partial charge in [-0.2, -0.15) is 0 Å². The summed E-state index contributed by atoms with van der Waals surface area (Å²) in [5, 5.41) is 5.39. The van der Waals surface area contributed by atoms with E-state index in [0.717, 1.165) is 18.6 Å². The van der Waals surface area contributed by atoms with E-state index in [-0.39, 0.29) is 11.5 Å². The van der Waals surface area contributed by atoms with Gasteiger partial charge >= 0.3 is 11.3 Å². The van der Waals surface area contributed by atoms with Crippen molar-refractivity contribution in [1.82, 2.24) is 10.1 Å². The number of H-pyrrole nitrogens is 1. The van der Waals surface area contributed by atoms with Crippen molar-refractivity contribution in [2.45, 2.75) is 57.8 Å². The van der Waals surface area contributed by atoms with E-state index in [1.807, 2.05) is 49.4 Å². The van der Waals surface area contributed by atoms with Crippen LogP contribution in [-0.2, 0) is 4.79 Å². The molecular weight excluding hydrogens is 476 g/mol. The van der Waals surface area contributed by atoms with E-state index in [0.29, 0.717) is 45.8 Å². The fourth-order valence-electron chi connectivity index (χ4n) is 4.58. The minimum absolute atomic E-state index is 0.176. The Morgan fingerprint density at radius 1 is 1.14 bits per heavy atom. The molecule has 3 aromatic rings. The van der Waals surface area contributed by atoms with E-state index in [2.05, 4.69) is 11.9 Å². The van der Waals surface area contributed by atoms with Crippen LogP contribution in [0.3, 0.4) is 0 Å². The Bertz CT molecular complexity index is 1290. The summed E-state index contributed by atoms with van der Waals surface area (Å²) in [7, 11) is 1.57. The van der Waals surface area contributed by atoms with Crippen molar-refractivity contribution in [2.75, 3.05) is 24.4 Å². The molecule has 190 valence electrons. The number of thioether (sulfide) groups is 1. The van der Waals surface area contributed by atoms with Gasteiger partial charge in [-0.05, 0) is 42.3 Å². The summed E-state index contributed by atoms with van der Waals surface area (Å²) in [5.74, 6) is 1.75. The monoisotopic (exact) mass is 509 g/mol. The molecule has 0 aliphatic carbocycles. The Labute approximate surface area is 215 Å². The molecule has 4 rings (SSSR count). The fourth-order valence-corrected chi connectivity index (χ4v) is 5.43. The van der Waals surface area contributed by atoms with E-state index in [4.69, 9.17) is 14.6 Å². The number of amides is 1. The number of unbranched alkanes of at least 4 members (excludes halogenated alkanes) is 3. The predicted molar refractivity (Wildman–Crippen MR) is 141 cm³/mol. The average molecular weight is 510 g/mol. The summed E-state index contributed by atoms with van der Waals surface area (Å²) in [5.41, 5.74) is 2.12. The van der Waals surface area contributed by atoms with Crippen LogP contribution in [0.2, 0.25) is 0 Å². The van der Waals surface area contributed by atoms with Crippen molar-refractivity contribution in [2.24, 2.45) is 0 Å². The molecule has 1 aliphatic rings. The molecule has 1 amide bonds.